The number of nitrogens with two attached hydrogens (primary N) is 1. The molecule has 8 nitrogen and oxygen atoms in total. The molecule has 0 bridgehead atoms. The molecule has 2 aromatic heterocycles. The first kappa shape index (κ1) is 26.9. The average molecular weight is 533 g/mol. The molecule has 0 saturated carbocycles. The summed E-state index contributed by atoms with van der Waals surface area (Å²) in [6.45, 7) is 1.37. The van der Waals surface area contributed by atoms with E-state index in [9.17, 15) is 34.8 Å². The molecule has 3 N–H and O–H groups in total. The fourth-order valence-electron chi connectivity index (χ4n) is 2.91. The topological polar surface area (TPSA) is 120 Å². The molecule has 36 heavy (non-hydrogen) atoms. The summed E-state index contributed by atoms with van der Waals surface area (Å²) < 4.78 is 105. The number of hydrazine groups is 1. The largest absolute Gasteiger partial charge is 0.573 e. The molecule has 0 unspecified atom stereocenters. The van der Waals surface area contributed by atoms with E-state index in [4.69, 9.17) is 5.84 Å². The van der Waals surface area contributed by atoms with Crippen LogP contribution >= 0.6 is 0 Å². The van der Waals surface area contributed by atoms with Gasteiger partial charge >= 0.3 is 12.5 Å². The van der Waals surface area contributed by atoms with E-state index in [2.05, 4.69) is 25.1 Å². The Morgan fingerprint density at radius 1 is 1.00 bits per heavy atom. The summed E-state index contributed by atoms with van der Waals surface area (Å²) in [6, 6.07) is 7.60. The van der Waals surface area contributed by atoms with Gasteiger partial charge in [0.1, 0.15) is 11.4 Å². The summed E-state index contributed by atoms with van der Waals surface area (Å²) in [5.41, 5.74) is 1.51. The van der Waals surface area contributed by atoms with E-state index in [1.807, 2.05) is 0 Å². The van der Waals surface area contributed by atoms with E-state index < -0.39 is 33.7 Å². The molecule has 2 heterocycles. The van der Waals surface area contributed by atoms with Gasteiger partial charge in [-0.1, -0.05) is 19.1 Å². The maximum Gasteiger partial charge on any atom is 0.573 e. The van der Waals surface area contributed by atoms with Crippen LogP contribution < -0.4 is 16.0 Å². The van der Waals surface area contributed by atoms with Crippen molar-refractivity contribution in [3.63, 3.8) is 0 Å². The van der Waals surface area contributed by atoms with Crippen LogP contribution in [0.4, 0.5) is 32.2 Å². The zero-order valence-corrected chi connectivity index (χ0v) is 19.0. The van der Waals surface area contributed by atoms with Gasteiger partial charge in [-0.2, -0.15) is 13.2 Å². The Morgan fingerprint density at radius 2 is 1.67 bits per heavy atom. The highest BCUT2D eigenvalue weighted by Crippen LogP contribution is 2.30. The summed E-state index contributed by atoms with van der Waals surface area (Å²) in [5.74, 6) is 4.17. The highest BCUT2D eigenvalue weighted by Gasteiger charge is 2.31. The van der Waals surface area contributed by atoms with E-state index >= 15 is 0 Å². The lowest BCUT2D eigenvalue weighted by molar-refractivity contribution is -0.274. The van der Waals surface area contributed by atoms with Gasteiger partial charge in [-0.3, -0.25) is 4.98 Å². The number of nitrogens with one attached hydrogen (secondary N) is 1. The number of rotatable bonds is 6. The molecule has 0 spiro atoms. The Hall–Kier alpha value is -3.72. The fourth-order valence-corrected chi connectivity index (χ4v) is 3.97. The number of ether oxygens (including phenoxy) is 1. The highest BCUT2D eigenvalue weighted by atomic mass is 32.2. The van der Waals surface area contributed by atoms with Crippen molar-refractivity contribution in [1.29, 1.82) is 0 Å². The zero-order chi connectivity index (χ0) is 26.7. The van der Waals surface area contributed by atoms with Crippen LogP contribution in [0.25, 0.3) is 11.1 Å². The monoisotopic (exact) mass is 533 g/mol. The van der Waals surface area contributed by atoms with Gasteiger partial charge in [-0.15, -0.1) is 13.2 Å². The van der Waals surface area contributed by atoms with Crippen molar-refractivity contribution in [2.24, 2.45) is 10.8 Å². The van der Waals surface area contributed by atoms with Gasteiger partial charge in [0.2, 0.25) is 0 Å². The van der Waals surface area contributed by atoms with Crippen LogP contribution in [-0.4, -0.2) is 36.3 Å². The minimum atomic E-state index is -4.88. The van der Waals surface area contributed by atoms with Gasteiger partial charge < -0.3 is 10.2 Å². The lowest BCUT2D eigenvalue weighted by Crippen LogP contribution is -2.33. The minimum Gasteiger partial charge on any atom is -0.406 e. The van der Waals surface area contributed by atoms with Crippen molar-refractivity contribution in [2.45, 2.75) is 24.4 Å². The molecule has 0 saturated heterocycles. The van der Waals surface area contributed by atoms with Gasteiger partial charge in [0, 0.05) is 18.0 Å². The normalized spacial score (nSPS) is 12.9. The van der Waals surface area contributed by atoms with Gasteiger partial charge in [-0.25, -0.2) is 24.2 Å². The van der Waals surface area contributed by atoms with Crippen LogP contribution in [0.2, 0.25) is 0 Å². The number of alkyl halides is 6. The molecule has 0 aliphatic heterocycles. The second-order valence-electron chi connectivity index (χ2n) is 7.05. The van der Waals surface area contributed by atoms with Gasteiger partial charge in [-0.05, 0) is 35.9 Å². The van der Waals surface area contributed by atoms with Crippen molar-refractivity contribution in [2.75, 3.05) is 5.75 Å². The predicted molar refractivity (Wildman–Crippen MR) is 117 cm³/mol. The quantitative estimate of drug-likeness (QED) is 0.159. The van der Waals surface area contributed by atoms with Gasteiger partial charge in [0.25, 0.3) is 0 Å². The van der Waals surface area contributed by atoms with E-state index in [0.717, 1.165) is 24.3 Å². The van der Waals surface area contributed by atoms with Crippen LogP contribution in [-0.2, 0) is 16.0 Å². The Labute approximate surface area is 200 Å². The summed E-state index contributed by atoms with van der Waals surface area (Å²) in [5, 5.41) is 0. The lowest BCUT2D eigenvalue weighted by Gasteiger charge is -2.13. The second-order valence-corrected chi connectivity index (χ2v) is 9.30. The molecule has 192 valence electrons. The standard InChI is InChI=1S/C21H17F6N5O3S/c1-2-36(33,34)16-9-13(12-3-6-15(7-4-12)35-21(25,26)27)10-30-18(16)19(32-28)31-17-8-5-14(11-29-17)20(22,23)24/h3-11H,2,28H2,1H3,(H,29,31,32). The van der Waals surface area contributed by atoms with Crippen LogP contribution in [0.1, 0.15) is 18.2 Å². The number of benzene rings is 1. The number of nitrogens with zero attached hydrogens (tertiary/aromatic N) is 3. The van der Waals surface area contributed by atoms with Crippen LogP contribution in [0, 0.1) is 0 Å². The van der Waals surface area contributed by atoms with Crippen molar-refractivity contribution < 1.29 is 39.5 Å². The summed E-state index contributed by atoms with van der Waals surface area (Å²) in [7, 11) is -3.95. The molecule has 15 heteroatoms. The SMILES string of the molecule is CCS(=O)(=O)c1cc(-c2ccc(OC(F)(F)F)cc2)cnc1C(=Nc1ccc(C(F)(F)F)cn1)NN. The molecule has 0 atom stereocenters. The molecule has 1 aromatic carbocycles. The first-order chi connectivity index (χ1) is 16.7. The number of hydrogen-bond donors (Lipinski definition) is 2. The first-order valence-corrected chi connectivity index (χ1v) is 11.6. The van der Waals surface area contributed by atoms with E-state index in [1.165, 1.54) is 31.3 Å². The molecular weight excluding hydrogens is 516 g/mol. The first-order valence-electron chi connectivity index (χ1n) is 9.91. The maximum absolute atomic E-state index is 12.8. The average Bonchev–Trinajstić information content (AvgIpc) is 2.81. The predicted octanol–water partition coefficient (Wildman–Crippen LogP) is 4.40. The van der Waals surface area contributed by atoms with Crippen molar-refractivity contribution in [1.82, 2.24) is 15.4 Å². The van der Waals surface area contributed by atoms with Crippen molar-refractivity contribution in [3.05, 3.63) is 66.1 Å². The summed E-state index contributed by atoms with van der Waals surface area (Å²) in [6.07, 6.45) is -7.70. The van der Waals surface area contributed by atoms with Gasteiger partial charge in [0.15, 0.2) is 21.5 Å². The van der Waals surface area contributed by atoms with E-state index in [1.54, 1.807) is 0 Å². The van der Waals surface area contributed by atoms with E-state index in [-0.39, 0.29) is 33.6 Å². The number of hydrogen-bond acceptors (Lipinski definition) is 7. The maximum atomic E-state index is 12.8. The molecule has 0 amide bonds. The smallest absolute Gasteiger partial charge is 0.406 e. The number of halogens is 6. The third-order valence-corrected chi connectivity index (χ3v) is 6.39. The third kappa shape index (κ3) is 6.48. The summed E-state index contributed by atoms with van der Waals surface area (Å²) >= 11 is 0. The van der Waals surface area contributed by atoms with Crippen LogP contribution in [0.5, 0.6) is 5.75 Å². The number of amidine groups is 1. The third-order valence-electron chi connectivity index (χ3n) is 4.65. The Bertz CT molecular complexity index is 1360. The molecule has 0 fully saturated rings. The molecule has 3 rings (SSSR count). The summed E-state index contributed by atoms with van der Waals surface area (Å²) in [4.78, 5) is 11.4. The molecule has 0 aliphatic carbocycles. The second kappa shape index (κ2) is 10.1. The number of aromatic nitrogens is 2. The number of sulfone groups is 1. The van der Waals surface area contributed by atoms with Crippen LogP contribution in [0.3, 0.4) is 0 Å². The number of aliphatic imine (C=N–C) groups is 1. The Balaban J connectivity index is 2.05. The number of pyridine rings is 2. The van der Waals surface area contributed by atoms with Gasteiger partial charge in [0.05, 0.1) is 16.2 Å². The molecule has 0 radical (unpaired) electrons. The minimum absolute atomic E-state index is 0.207. The Kier molecular flexibility index (Phi) is 7.54. The molecule has 3 aromatic rings. The molecular formula is C21H17F6N5O3S. The fraction of sp³-hybridized carbons (Fsp3) is 0.190. The lowest BCUT2D eigenvalue weighted by atomic mass is 10.1. The Morgan fingerprint density at radius 3 is 2.17 bits per heavy atom. The van der Waals surface area contributed by atoms with Crippen molar-refractivity contribution >= 4 is 21.5 Å². The zero-order valence-electron chi connectivity index (χ0n) is 18.2. The highest BCUT2D eigenvalue weighted by molar-refractivity contribution is 7.91. The van der Waals surface area contributed by atoms with Crippen molar-refractivity contribution in [3.8, 4) is 16.9 Å². The van der Waals surface area contributed by atoms with Crippen LogP contribution in [0.15, 0.2) is 64.7 Å². The van der Waals surface area contributed by atoms with E-state index in [0.29, 0.717) is 11.8 Å². The molecule has 0 aliphatic rings.